The molecule has 0 saturated carbocycles. The maximum atomic E-state index is 12.3. The summed E-state index contributed by atoms with van der Waals surface area (Å²) in [7, 11) is 0. The van der Waals surface area contributed by atoms with Crippen molar-refractivity contribution in [1.29, 1.82) is 0 Å². The Bertz CT molecular complexity index is 715. The Morgan fingerprint density at radius 2 is 2.08 bits per heavy atom. The number of carbonyl (C=O) groups excluding carboxylic acids is 1. The van der Waals surface area contributed by atoms with Crippen LogP contribution in [0, 0.1) is 0 Å². The van der Waals surface area contributed by atoms with Crippen LogP contribution in [-0.4, -0.2) is 25.2 Å². The molecule has 126 valence electrons. The van der Waals surface area contributed by atoms with Gasteiger partial charge in [-0.15, -0.1) is 0 Å². The van der Waals surface area contributed by atoms with Crippen LogP contribution in [-0.2, 0) is 4.74 Å². The van der Waals surface area contributed by atoms with Gasteiger partial charge >= 0.3 is 0 Å². The molecule has 0 aliphatic carbocycles. The van der Waals surface area contributed by atoms with Gasteiger partial charge in [-0.3, -0.25) is 4.79 Å². The molecular formula is C18H17BrClNO3. The van der Waals surface area contributed by atoms with E-state index in [4.69, 9.17) is 21.1 Å². The average Bonchev–Trinajstić information content (AvgIpc) is 3.09. The molecule has 1 unspecified atom stereocenters. The minimum Gasteiger partial charge on any atom is -0.491 e. The van der Waals surface area contributed by atoms with Crippen LogP contribution < -0.4 is 10.1 Å². The predicted octanol–water partition coefficient (Wildman–Crippen LogP) is 4.91. The number of hydrogen-bond acceptors (Lipinski definition) is 3. The lowest BCUT2D eigenvalue weighted by atomic mass is 10.2. The van der Waals surface area contributed by atoms with Gasteiger partial charge in [-0.05, 0) is 55.3 Å². The maximum absolute atomic E-state index is 12.3. The molecule has 1 fully saturated rings. The van der Waals surface area contributed by atoms with E-state index < -0.39 is 0 Å². The van der Waals surface area contributed by atoms with E-state index in [1.165, 1.54) is 0 Å². The SMILES string of the molecule is O=C(Nc1ccc(Br)cc1Cl)c1ccc(OCC2CCCO2)cc1. The number of rotatable bonds is 5. The van der Waals surface area contributed by atoms with Crippen LogP contribution in [0.4, 0.5) is 5.69 Å². The minimum absolute atomic E-state index is 0.174. The van der Waals surface area contributed by atoms with E-state index in [0.717, 1.165) is 29.7 Å². The summed E-state index contributed by atoms with van der Waals surface area (Å²) in [4.78, 5) is 12.3. The standard InChI is InChI=1S/C18H17BrClNO3/c19-13-5-8-17(16(20)10-13)21-18(22)12-3-6-14(7-4-12)24-11-15-2-1-9-23-15/h3-8,10,15H,1-2,9,11H2,(H,21,22). The molecule has 24 heavy (non-hydrogen) atoms. The normalized spacial score (nSPS) is 16.8. The van der Waals surface area contributed by atoms with E-state index in [0.29, 0.717) is 22.9 Å². The maximum Gasteiger partial charge on any atom is 0.255 e. The summed E-state index contributed by atoms with van der Waals surface area (Å²) in [5, 5.41) is 3.28. The van der Waals surface area contributed by atoms with Gasteiger partial charge in [-0.1, -0.05) is 27.5 Å². The van der Waals surface area contributed by atoms with Crippen LogP contribution in [0.5, 0.6) is 5.75 Å². The van der Waals surface area contributed by atoms with Crippen molar-refractivity contribution in [3.05, 3.63) is 57.5 Å². The second-order valence-corrected chi connectivity index (χ2v) is 6.87. The van der Waals surface area contributed by atoms with Crippen molar-refractivity contribution < 1.29 is 14.3 Å². The van der Waals surface area contributed by atoms with Crippen molar-refractivity contribution >= 4 is 39.1 Å². The zero-order chi connectivity index (χ0) is 16.9. The fraction of sp³-hybridized carbons (Fsp3) is 0.278. The lowest BCUT2D eigenvalue weighted by molar-refractivity contribution is 0.0679. The molecule has 2 aromatic rings. The highest BCUT2D eigenvalue weighted by Gasteiger charge is 2.16. The van der Waals surface area contributed by atoms with Gasteiger partial charge in [-0.2, -0.15) is 0 Å². The molecular weight excluding hydrogens is 394 g/mol. The molecule has 1 amide bonds. The molecule has 1 aliphatic heterocycles. The van der Waals surface area contributed by atoms with Crippen molar-refractivity contribution in [2.24, 2.45) is 0 Å². The summed E-state index contributed by atoms with van der Waals surface area (Å²) in [5.41, 5.74) is 1.11. The van der Waals surface area contributed by atoms with Crippen molar-refractivity contribution in [2.75, 3.05) is 18.5 Å². The van der Waals surface area contributed by atoms with Gasteiger partial charge in [0.05, 0.1) is 16.8 Å². The van der Waals surface area contributed by atoms with Gasteiger partial charge in [0.15, 0.2) is 0 Å². The summed E-state index contributed by atoms with van der Waals surface area (Å²) in [5.74, 6) is 0.508. The van der Waals surface area contributed by atoms with E-state index in [1.807, 2.05) is 6.07 Å². The highest BCUT2D eigenvalue weighted by Crippen LogP contribution is 2.26. The Morgan fingerprint density at radius 3 is 2.75 bits per heavy atom. The Labute approximate surface area is 154 Å². The number of nitrogens with one attached hydrogen (secondary N) is 1. The lowest BCUT2D eigenvalue weighted by Crippen LogP contribution is -2.16. The average molecular weight is 411 g/mol. The molecule has 0 bridgehead atoms. The smallest absolute Gasteiger partial charge is 0.255 e. The Hall–Kier alpha value is -1.56. The van der Waals surface area contributed by atoms with E-state index in [2.05, 4.69) is 21.2 Å². The third-order valence-electron chi connectivity index (χ3n) is 3.76. The number of halogens is 2. The van der Waals surface area contributed by atoms with Crippen molar-refractivity contribution in [1.82, 2.24) is 0 Å². The van der Waals surface area contributed by atoms with Crippen molar-refractivity contribution in [3.8, 4) is 5.75 Å². The minimum atomic E-state index is -0.218. The van der Waals surface area contributed by atoms with Crippen LogP contribution in [0.25, 0.3) is 0 Å². The molecule has 4 nitrogen and oxygen atoms in total. The van der Waals surface area contributed by atoms with Crippen molar-refractivity contribution in [3.63, 3.8) is 0 Å². The number of carbonyl (C=O) groups is 1. The van der Waals surface area contributed by atoms with E-state index in [-0.39, 0.29) is 12.0 Å². The third kappa shape index (κ3) is 4.50. The predicted molar refractivity (Wildman–Crippen MR) is 98.0 cm³/mol. The second-order valence-electron chi connectivity index (χ2n) is 5.55. The Balaban J connectivity index is 1.58. The summed E-state index contributed by atoms with van der Waals surface area (Å²) in [6.45, 7) is 1.35. The zero-order valence-corrected chi connectivity index (χ0v) is 15.3. The summed E-state index contributed by atoms with van der Waals surface area (Å²) < 4.78 is 12.1. The molecule has 1 atom stereocenters. The molecule has 3 rings (SSSR count). The molecule has 1 heterocycles. The van der Waals surface area contributed by atoms with Gasteiger partial charge in [0.1, 0.15) is 12.4 Å². The molecule has 2 aromatic carbocycles. The summed E-state index contributed by atoms with van der Waals surface area (Å²) >= 11 is 9.45. The first kappa shape index (κ1) is 17.3. The monoisotopic (exact) mass is 409 g/mol. The molecule has 0 aromatic heterocycles. The van der Waals surface area contributed by atoms with E-state index in [9.17, 15) is 4.79 Å². The van der Waals surface area contributed by atoms with Crippen LogP contribution in [0.2, 0.25) is 5.02 Å². The van der Waals surface area contributed by atoms with Gasteiger partial charge in [0.2, 0.25) is 0 Å². The number of benzene rings is 2. The first-order chi connectivity index (χ1) is 11.6. The first-order valence-electron chi connectivity index (χ1n) is 7.73. The molecule has 1 aliphatic rings. The number of anilines is 1. The quantitative estimate of drug-likeness (QED) is 0.761. The lowest BCUT2D eigenvalue weighted by Gasteiger charge is -2.12. The zero-order valence-electron chi connectivity index (χ0n) is 12.9. The number of amides is 1. The topological polar surface area (TPSA) is 47.6 Å². The first-order valence-corrected chi connectivity index (χ1v) is 8.90. The fourth-order valence-electron chi connectivity index (χ4n) is 2.45. The molecule has 1 saturated heterocycles. The number of ether oxygens (including phenoxy) is 2. The summed E-state index contributed by atoms with van der Waals surface area (Å²) in [6.07, 6.45) is 2.30. The highest BCUT2D eigenvalue weighted by atomic mass is 79.9. The largest absolute Gasteiger partial charge is 0.491 e. The highest BCUT2D eigenvalue weighted by molar-refractivity contribution is 9.10. The third-order valence-corrected chi connectivity index (χ3v) is 4.56. The van der Waals surface area contributed by atoms with Crippen LogP contribution >= 0.6 is 27.5 Å². The Morgan fingerprint density at radius 1 is 1.29 bits per heavy atom. The van der Waals surface area contributed by atoms with E-state index in [1.54, 1.807) is 36.4 Å². The van der Waals surface area contributed by atoms with Crippen molar-refractivity contribution in [2.45, 2.75) is 18.9 Å². The van der Waals surface area contributed by atoms with Gasteiger partial charge in [-0.25, -0.2) is 0 Å². The molecule has 1 N–H and O–H groups in total. The number of hydrogen-bond donors (Lipinski definition) is 1. The molecule has 0 spiro atoms. The van der Waals surface area contributed by atoms with Gasteiger partial charge in [0, 0.05) is 16.6 Å². The van der Waals surface area contributed by atoms with Crippen LogP contribution in [0.3, 0.4) is 0 Å². The van der Waals surface area contributed by atoms with E-state index >= 15 is 0 Å². The van der Waals surface area contributed by atoms with Crippen LogP contribution in [0.1, 0.15) is 23.2 Å². The molecule has 0 radical (unpaired) electrons. The Kier molecular flexibility index (Phi) is 5.76. The van der Waals surface area contributed by atoms with Gasteiger partial charge < -0.3 is 14.8 Å². The summed E-state index contributed by atoms with van der Waals surface area (Å²) in [6, 6.07) is 12.3. The van der Waals surface area contributed by atoms with Crippen LogP contribution in [0.15, 0.2) is 46.9 Å². The molecule has 6 heteroatoms. The fourth-order valence-corrected chi connectivity index (χ4v) is 3.17. The second kappa shape index (κ2) is 8.01. The van der Waals surface area contributed by atoms with Gasteiger partial charge in [0.25, 0.3) is 5.91 Å².